The average Bonchev–Trinajstić information content (AvgIpc) is 2.76. The number of nitrogens with one attached hydrogen (secondary N) is 1. The number of aryl methyl sites for hydroxylation is 1. The van der Waals surface area contributed by atoms with Gasteiger partial charge < -0.3 is 14.6 Å². The first kappa shape index (κ1) is 10.4. The minimum absolute atomic E-state index is 0.570. The van der Waals surface area contributed by atoms with Crippen LogP contribution in [0.15, 0.2) is 18.2 Å². The molecule has 0 bridgehead atoms. The summed E-state index contributed by atoms with van der Waals surface area (Å²) >= 11 is 0. The van der Waals surface area contributed by atoms with Crippen LogP contribution in [0.2, 0.25) is 0 Å². The number of fused-ring (bicyclic) bond motifs is 3. The average molecular weight is 242 g/mol. The van der Waals surface area contributed by atoms with Gasteiger partial charge in [-0.05, 0) is 43.0 Å². The maximum absolute atomic E-state index is 5.37. The van der Waals surface area contributed by atoms with E-state index < -0.39 is 0 Å². The lowest BCUT2D eigenvalue weighted by Gasteiger charge is -2.31. The lowest BCUT2D eigenvalue weighted by molar-refractivity contribution is 0.384. The molecule has 2 aliphatic rings. The minimum Gasteiger partial charge on any atom is -0.497 e. The molecule has 0 radical (unpaired) electrons. The van der Waals surface area contributed by atoms with Crippen LogP contribution in [-0.2, 0) is 13.0 Å². The molecule has 1 aromatic carbocycles. The van der Waals surface area contributed by atoms with Gasteiger partial charge in [0.15, 0.2) is 0 Å². The van der Waals surface area contributed by atoms with Gasteiger partial charge in [0.25, 0.3) is 0 Å². The second-order valence-electron chi connectivity index (χ2n) is 5.30. The number of methoxy groups -OCH3 is 1. The van der Waals surface area contributed by atoms with E-state index in [4.69, 9.17) is 4.74 Å². The summed E-state index contributed by atoms with van der Waals surface area (Å²) in [5.74, 6) is 0.969. The van der Waals surface area contributed by atoms with Crippen LogP contribution in [0.1, 0.15) is 30.1 Å². The lowest BCUT2D eigenvalue weighted by Crippen LogP contribution is -2.35. The van der Waals surface area contributed by atoms with E-state index >= 15 is 0 Å². The number of hydrogen-bond donors (Lipinski definition) is 1. The zero-order valence-corrected chi connectivity index (χ0v) is 10.7. The first-order chi connectivity index (χ1) is 8.88. The van der Waals surface area contributed by atoms with Crippen molar-refractivity contribution in [2.75, 3.05) is 13.7 Å². The molecule has 1 aliphatic heterocycles. The van der Waals surface area contributed by atoms with Crippen molar-refractivity contribution in [2.24, 2.45) is 0 Å². The van der Waals surface area contributed by atoms with Gasteiger partial charge in [-0.25, -0.2) is 0 Å². The van der Waals surface area contributed by atoms with E-state index in [0.717, 1.165) is 18.8 Å². The molecule has 0 fully saturated rings. The van der Waals surface area contributed by atoms with E-state index in [1.807, 2.05) is 0 Å². The van der Waals surface area contributed by atoms with E-state index in [1.165, 1.54) is 35.9 Å². The van der Waals surface area contributed by atoms with Crippen LogP contribution < -0.4 is 10.1 Å². The Morgan fingerprint density at radius 2 is 2.33 bits per heavy atom. The van der Waals surface area contributed by atoms with E-state index in [-0.39, 0.29) is 0 Å². The third kappa shape index (κ3) is 1.28. The predicted molar refractivity (Wildman–Crippen MR) is 72.2 cm³/mol. The van der Waals surface area contributed by atoms with Crippen LogP contribution in [0, 0.1) is 0 Å². The topological polar surface area (TPSA) is 26.2 Å². The molecule has 18 heavy (non-hydrogen) atoms. The molecule has 0 amide bonds. The summed E-state index contributed by atoms with van der Waals surface area (Å²) in [4.78, 5) is 0. The largest absolute Gasteiger partial charge is 0.497 e. The van der Waals surface area contributed by atoms with Crippen molar-refractivity contribution in [3.8, 4) is 5.75 Å². The summed E-state index contributed by atoms with van der Waals surface area (Å²) in [7, 11) is 1.74. The van der Waals surface area contributed by atoms with Crippen LogP contribution in [0.4, 0.5) is 0 Å². The van der Waals surface area contributed by atoms with Crippen LogP contribution >= 0.6 is 0 Å². The van der Waals surface area contributed by atoms with Gasteiger partial charge in [0.1, 0.15) is 5.75 Å². The molecule has 1 unspecified atom stereocenters. The third-order valence-electron chi connectivity index (χ3n) is 4.40. The molecule has 1 atom stereocenters. The van der Waals surface area contributed by atoms with Crippen LogP contribution in [0.5, 0.6) is 5.75 Å². The molecule has 4 rings (SSSR count). The third-order valence-corrected chi connectivity index (χ3v) is 4.40. The Morgan fingerprint density at radius 1 is 1.39 bits per heavy atom. The van der Waals surface area contributed by atoms with Gasteiger partial charge in [0.05, 0.1) is 7.11 Å². The molecule has 1 aromatic heterocycles. The van der Waals surface area contributed by atoms with Gasteiger partial charge in [-0.3, -0.25) is 0 Å². The molecule has 0 spiro atoms. The molecule has 2 heterocycles. The molecule has 0 saturated heterocycles. The second-order valence-corrected chi connectivity index (χ2v) is 5.30. The number of nitrogens with zero attached hydrogens (tertiary/aromatic N) is 1. The Kier molecular flexibility index (Phi) is 2.18. The highest BCUT2D eigenvalue weighted by Gasteiger charge is 2.29. The quantitative estimate of drug-likeness (QED) is 0.832. The zero-order valence-electron chi connectivity index (χ0n) is 10.7. The zero-order chi connectivity index (χ0) is 12.1. The number of aromatic nitrogens is 1. The van der Waals surface area contributed by atoms with E-state index in [9.17, 15) is 0 Å². The normalized spacial score (nSPS) is 21.9. The van der Waals surface area contributed by atoms with Crippen LogP contribution in [0.25, 0.3) is 10.9 Å². The van der Waals surface area contributed by atoms with Crippen molar-refractivity contribution in [3.05, 3.63) is 29.5 Å². The van der Waals surface area contributed by atoms with Gasteiger partial charge in [-0.1, -0.05) is 0 Å². The highest BCUT2D eigenvalue weighted by atomic mass is 16.5. The fourth-order valence-electron chi connectivity index (χ4n) is 3.62. The first-order valence-corrected chi connectivity index (χ1v) is 6.81. The van der Waals surface area contributed by atoms with E-state index in [1.54, 1.807) is 12.7 Å². The number of hydrogen-bond acceptors (Lipinski definition) is 2. The fraction of sp³-hybridized carbons (Fsp3) is 0.467. The fourth-order valence-corrected chi connectivity index (χ4v) is 3.62. The molecule has 0 saturated carbocycles. The Labute approximate surface area is 107 Å². The summed E-state index contributed by atoms with van der Waals surface area (Å²) in [6, 6.07) is 7.07. The van der Waals surface area contributed by atoms with Crippen molar-refractivity contribution < 1.29 is 4.74 Å². The first-order valence-electron chi connectivity index (χ1n) is 6.81. The van der Waals surface area contributed by atoms with Gasteiger partial charge in [0, 0.05) is 35.7 Å². The van der Waals surface area contributed by atoms with Crippen molar-refractivity contribution in [2.45, 2.75) is 31.8 Å². The molecule has 94 valence electrons. The van der Waals surface area contributed by atoms with Crippen molar-refractivity contribution in [3.63, 3.8) is 0 Å². The monoisotopic (exact) mass is 242 g/mol. The molecule has 3 nitrogen and oxygen atoms in total. The Bertz CT molecular complexity index is 612. The number of rotatable bonds is 1. The maximum atomic E-state index is 5.37. The minimum atomic E-state index is 0.570. The SMILES string of the molecule is COc1ccc2c(c1)c1c3n2CCNC3CCC1. The van der Waals surface area contributed by atoms with Crippen LogP contribution in [0.3, 0.4) is 0 Å². The smallest absolute Gasteiger partial charge is 0.119 e. The number of benzene rings is 1. The van der Waals surface area contributed by atoms with Crippen molar-refractivity contribution in [1.82, 2.24) is 9.88 Å². The molecular weight excluding hydrogens is 224 g/mol. The molecule has 2 aromatic rings. The highest BCUT2D eigenvalue weighted by molar-refractivity contribution is 5.87. The summed E-state index contributed by atoms with van der Waals surface area (Å²) in [5, 5.41) is 5.06. The highest BCUT2D eigenvalue weighted by Crippen LogP contribution is 2.39. The second kappa shape index (κ2) is 3.75. The molecular formula is C15H18N2O. The van der Waals surface area contributed by atoms with E-state index in [2.05, 4.69) is 28.1 Å². The Morgan fingerprint density at radius 3 is 3.22 bits per heavy atom. The van der Waals surface area contributed by atoms with Gasteiger partial charge in [-0.15, -0.1) is 0 Å². The molecule has 1 N–H and O–H groups in total. The Hall–Kier alpha value is -1.48. The Balaban J connectivity index is 2.05. The summed E-state index contributed by atoms with van der Waals surface area (Å²) in [5.41, 5.74) is 4.47. The van der Waals surface area contributed by atoms with Gasteiger partial charge in [-0.2, -0.15) is 0 Å². The van der Waals surface area contributed by atoms with Crippen LogP contribution in [-0.4, -0.2) is 18.2 Å². The maximum Gasteiger partial charge on any atom is 0.119 e. The predicted octanol–water partition coefficient (Wildman–Crippen LogP) is 2.63. The van der Waals surface area contributed by atoms with Crippen molar-refractivity contribution in [1.29, 1.82) is 0 Å². The molecule has 3 heteroatoms. The summed E-state index contributed by atoms with van der Waals surface area (Å²) in [6.45, 7) is 2.18. The van der Waals surface area contributed by atoms with Crippen molar-refractivity contribution >= 4 is 10.9 Å². The summed E-state index contributed by atoms with van der Waals surface area (Å²) < 4.78 is 7.89. The standard InChI is InChI=1S/C15H18N2O/c1-18-10-5-6-14-12(9-10)11-3-2-4-13-15(11)17(14)8-7-16-13/h5-6,9,13,16H,2-4,7-8H2,1H3. The summed E-state index contributed by atoms with van der Waals surface area (Å²) in [6.07, 6.45) is 3.78. The number of ether oxygens (including phenoxy) is 1. The lowest BCUT2D eigenvalue weighted by atomic mass is 9.91. The molecule has 1 aliphatic carbocycles. The van der Waals surface area contributed by atoms with Gasteiger partial charge >= 0.3 is 0 Å². The van der Waals surface area contributed by atoms with E-state index in [0.29, 0.717) is 6.04 Å². The van der Waals surface area contributed by atoms with Gasteiger partial charge in [0.2, 0.25) is 0 Å².